The lowest BCUT2D eigenvalue weighted by atomic mass is 9.86. The molecule has 1 heterocycles. The second kappa shape index (κ2) is 9.26. The maximum atomic E-state index is 4.68. The zero-order valence-corrected chi connectivity index (χ0v) is 20.1. The molecule has 3 aromatic carbocycles. The highest BCUT2D eigenvalue weighted by Crippen LogP contribution is 2.33. The summed E-state index contributed by atoms with van der Waals surface area (Å²) in [4.78, 5) is 0. The molecule has 0 aliphatic heterocycles. The van der Waals surface area contributed by atoms with Gasteiger partial charge in [-0.2, -0.15) is 0 Å². The first-order valence-electron chi connectivity index (χ1n) is 12.0. The van der Waals surface area contributed by atoms with Crippen molar-refractivity contribution >= 4 is 0 Å². The van der Waals surface area contributed by atoms with Crippen LogP contribution >= 0.6 is 0 Å². The maximum Gasteiger partial charge on any atom is 0.164 e. The Morgan fingerprint density at radius 1 is 0.735 bits per heavy atom. The highest BCUT2D eigenvalue weighted by molar-refractivity contribution is 5.64. The van der Waals surface area contributed by atoms with E-state index < -0.39 is 0 Å². The third-order valence-corrected chi connectivity index (χ3v) is 6.46. The molecule has 0 saturated heterocycles. The fourth-order valence-electron chi connectivity index (χ4n) is 4.48. The smallest absolute Gasteiger partial charge is 0.164 e. The van der Waals surface area contributed by atoms with Gasteiger partial charge in [-0.25, -0.2) is 0 Å². The number of allylic oxidation sites excluding steroid dienone is 4. The van der Waals surface area contributed by atoms with E-state index in [9.17, 15) is 0 Å². The van der Waals surface area contributed by atoms with E-state index in [2.05, 4.69) is 139 Å². The van der Waals surface area contributed by atoms with E-state index >= 15 is 0 Å². The molecule has 1 aliphatic carbocycles. The summed E-state index contributed by atoms with van der Waals surface area (Å²) in [5.74, 6) is 1.82. The quantitative estimate of drug-likeness (QED) is 0.317. The number of hydrogen-bond acceptors (Lipinski definition) is 2. The van der Waals surface area contributed by atoms with Gasteiger partial charge in [0.1, 0.15) is 0 Å². The van der Waals surface area contributed by atoms with Crippen LogP contribution in [-0.4, -0.2) is 14.8 Å². The van der Waals surface area contributed by atoms with Crippen LogP contribution in [0.25, 0.3) is 22.8 Å². The fourth-order valence-corrected chi connectivity index (χ4v) is 4.48. The molecule has 1 atom stereocenters. The van der Waals surface area contributed by atoms with E-state index in [-0.39, 0.29) is 11.5 Å². The molecule has 0 saturated carbocycles. The van der Waals surface area contributed by atoms with Crippen molar-refractivity contribution in [3.63, 3.8) is 0 Å². The standard InChI is InChI=1S/C31H31N3/c1-31(2,3)27-20-18-26(19-21-27)30-33-32-29(34(30)28-12-8-5-9-13-28)25-16-14-24(15-17-25)22-23-10-6-4-7-11-23/h4-12,14-21,28H,13,22H2,1-3H3. The number of hydrogen-bond donors (Lipinski definition) is 0. The van der Waals surface area contributed by atoms with E-state index in [0.29, 0.717) is 0 Å². The Hall–Kier alpha value is -3.72. The minimum atomic E-state index is 0.121. The van der Waals surface area contributed by atoms with Gasteiger partial charge in [0.15, 0.2) is 11.6 Å². The second-order valence-corrected chi connectivity index (χ2v) is 10.0. The fraction of sp³-hybridized carbons (Fsp3) is 0.226. The molecule has 34 heavy (non-hydrogen) atoms. The summed E-state index contributed by atoms with van der Waals surface area (Å²) in [6, 6.07) is 28.3. The van der Waals surface area contributed by atoms with Crippen LogP contribution in [-0.2, 0) is 11.8 Å². The van der Waals surface area contributed by atoms with Gasteiger partial charge in [-0.1, -0.05) is 124 Å². The van der Waals surface area contributed by atoms with Crippen molar-refractivity contribution in [3.8, 4) is 22.8 Å². The molecule has 3 nitrogen and oxygen atoms in total. The first-order chi connectivity index (χ1) is 16.5. The van der Waals surface area contributed by atoms with Gasteiger partial charge in [-0.3, -0.25) is 4.57 Å². The van der Waals surface area contributed by atoms with E-state index in [1.54, 1.807) is 0 Å². The third kappa shape index (κ3) is 4.65. The van der Waals surface area contributed by atoms with Crippen LogP contribution in [0.3, 0.4) is 0 Å². The molecule has 1 unspecified atom stereocenters. The molecule has 170 valence electrons. The van der Waals surface area contributed by atoms with Crippen LogP contribution < -0.4 is 0 Å². The number of rotatable bonds is 5. The van der Waals surface area contributed by atoms with Gasteiger partial charge in [-0.15, -0.1) is 10.2 Å². The molecule has 0 bridgehead atoms. The van der Waals surface area contributed by atoms with Crippen LogP contribution in [0.4, 0.5) is 0 Å². The molecule has 1 aliphatic rings. The van der Waals surface area contributed by atoms with Crippen molar-refractivity contribution in [2.45, 2.75) is 45.1 Å². The first-order valence-corrected chi connectivity index (χ1v) is 12.0. The largest absolute Gasteiger partial charge is 0.300 e. The summed E-state index contributed by atoms with van der Waals surface area (Å²) in [5, 5.41) is 9.35. The van der Waals surface area contributed by atoms with Crippen molar-refractivity contribution in [1.29, 1.82) is 0 Å². The molecule has 5 rings (SSSR count). The second-order valence-electron chi connectivity index (χ2n) is 10.0. The maximum absolute atomic E-state index is 4.68. The molecular formula is C31H31N3. The van der Waals surface area contributed by atoms with Gasteiger partial charge in [0, 0.05) is 11.1 Å². The van der Waals surface area contributed by atoms with E-state index in [1.807, 2.05) is 0 Å². The van der Waals surface area contributed by atoms with Crippen LogP contribution in [0.15, 0.2) is 103 Å². The topological polar surface area (TPSA) is 30.7 Å². The number of nitrogens with zero attached hydrogens (tertiary/aromatic N) is 3. The molecular weight excluding hydrogens is 414 g/mol. The van der Waals surface area contributed by atoms with Crippen molar-refractivity contribution in [1.82, 2.24) is 14.8 Å². The predicted molar refractivity (Wildman–Crippen MR) is 141 cm³/mol. The molecule has 0 N–H and O–H groups in total. The summed E-state index contributed by atoms with van der Waals surface area (Å²) in [6.45, 7) is 6.72. The van der Waals surface area contributed by atoms with Crippen LogP contribution in [0.5, 0.6) is 0 Å². The number of benzene rings is 3. The van der Waals surface area contributed by atoms with E-state index in [0.717, 1.165) is 35.6 Å². The predicted octanol–water partition coefficient (Wildman–Crippen LogP) is 7.56. The van der Waals surface area contributed by atoms with Crippen LogP contribution in [0.2, 0.25) is 0 Å². The van der Waals surface area contributed by atoms with Gasteiger partial charge in [0.05, 0.1) is 6.04 Å². The van der Waals surface area contributed by atoms with Crippen LogP contribution in [0, 0.1) is 0 Å². The lowest BCUT2D eigenvalue weighted by Crippen LogP contribution is -2.12. The van der Waals surface area contributed by atoms with Gasteiger partial charge < -0.3 is 0 Å². The lowest BCUT2D eigenvalue weighted by Gasteiger charge is -2.21. The van der Waals surface area contributed by atoms with Gasteiger partial charge in [0.2, 0.25) is 0 Å². The summed E-state index contributed by atoms with van der Waals surface area (Å²) in [5.41, 5.74) is 6.23. The zero-order chi connectivity index (χ0) is 23.5. The molecule has 0 fully saturated rings. The monoisotopic (exact) mass is 445 g/mol. The average Bonchev–Trinajstić information content (AvgIpc) is 3.30. The first kappa shape index (κ1) is 22.1. The Morgan fingerprint density at radius 2 is 1.32 bits per heavy atom. The Morgan fingerprint density at radius 3 is 1.88 bits per heavy atom. The van der Waals surface area contributed by atoms with Crippen molar-refractivity contribution in [3.05, 3.63) is 120 Å². The lowest BCUT2D eigenvalue weighted by molar-refractivity contribution is 0.590. The zero-order valence-electron chi connectivity index (χ0n) is 20.1. The SMILES string of the molecule is CC(C)(C)c1ccc(-c2nnc(-c3ccc(Cc4ccccc4)cc3)n2C2C=CC=CC2)cc1. The van der Waals surface area contributed by atoms with Crippen molar-refractivity contribution in [2.75, 3.05) is 0 Å². The summed E-state index contributed by atoms with van der Waals surface area (Å²) in [6.07, 6.45) is 10.5. The Labute approximate surface area is 202 Å². The molecule has 0 amide bonds. The molecule has 3 heteroatoms. The minimum Gasteiger partial charge on any atom is -0.300 e. The molecule has 0 spiro atoms. The number of aromatic nitrogens is 3. The average molecular weight is 446 g/mol. The molecule has 0 radical (unpaired) electrons. The van der Waals surface area contributed by atoms with E-state index in [4.69, 9.17) is 0 Å². The summed E-state index contributed by atoms with van der Waals surface area (Å²) < 4.78 is 2.29. The van der Waals surface area contributed by atoms with Crippen molar-refractivity contribution < 1.29 is 0 Å². The third-order valence-electron chi connectivity index (χ3n) is 6.46. The Balaban J connectivity index is 1.51. The van der Waals surface area contributed by atoms with Gasteiger partial charge >= 0.3 is 0 Å². The summed E-state index contributed by atoms with van der Waals surface area (Å²) in [7, 11) is 0. The van der Waals surface area contributed by atoms with Crippen LogP contribution in [0.1, 0.15) is 49.9 Å². The highest BCUT2D eigenvalue weighted by Gasteiger charge is 2.22. The Kier molecular flexibility index (Phi) is 6.02. The van der Waals surface area contributed by atoms with Gasteiger partial charge in [0.25, 0.3) is 0 Å². The summed E-state index contributed by atoms with van der Waals surface area (Å²) >= 11 is 0. The van der Waals surface area contributed by atoms with Gasteiger partial charge in [-0.05, 0) is 34.9 Å². The highest BCUT2D eigenvalue weighted by atomic mass is 15.3. The molecule has 1 aromatic heterocycles. The van der Waals surface area contributed by atoms with E-state index in [1.165, 1.54) is 16.7 Å². The molecule has 4 aromatic rings. The minimum absolute atomic E-state index is 0.121. The normalized spacial score (nSPS) is 15.6. The van der Waals surface area contributed by atoms with Crippen molar-refractivity contribution in [2.24, 2.45) is 0 Å². The Bertz CT molecular complexity index is 1300.